The Morgan fingerprint density at radius 3 is 2.62 bits per heavy atom. The van der Waals surface area contributed by atoms with Gasteiger partial charge in [0.05, 0.1) is 0 Å². The van der Waals surface area contributed by atoms with Crippen LogP contribution in [-0.2, 0) is 12.8 Å². The zero-order valence-electron chi connectivity index (χ0n) is 17.3. The van der Waals surface area contributed by atoms with Crippen molar-refractivity contribution in [2.75, 3.05) is 13.2 Å². The molecule has 2 N–H and O–H groups in total. The molecule has 2 aromatic carbocycles. The highest BCUT2D eigenvalue weighted by Crippen LogP contribution is 2.32. The predicted octanol–water partition coefficient (Wildman–Crippen LogP) is 4.16. The van der Waals surface area contributed by atoms with Crippen LogP contribution in [0.25, 0.3) is 11.0 Å². The van der Waals surface area contributed by atoms with Crippen molar-refractivity contribution < 1.29 is 19.1 Å². The lowest BCUT2D eigenvalue weighted by Gasteiger charge is -2.15. The molecule has 0 amide bonds. The number of hydrogen-bond acceptors (Lipinski definition) is 5. The third kappa shape index (κ3) is 5.46. The summed E-state index contributed by atoms with van der Waals surface area (Å²) >= 11 is 0. The Balaban J connectivity index is 1.81. The lowest BCUT2D eigenvalue weighted by molar-refractivity contribution is 0.0993. The number of carbonyl (C=O) groups is 1. The molecule has 1 unspecified atom stereocenters. The highest BCUT2D eigenvalue weighted by Gasteiger charge is 2.18. The number of furan rings is 1. The number of Topliss-reactive ketones (excluding diaryl/α,β-unsaturated/α-hetero) is 1. The van der Waals surface area contributed by atoms with Crippen LogP contribution in [0.15, 0.2) is 52.9 Å². The molecule has 0 bridgehead atoms. The molecule has 0 saturated heterocycles. The van der Waals surface area contributed by atoms with E-state index < -0.39 is 6.10 Å². The first kappa shape index (κ1) is 21.1. The minimum Gasteiger partial charge on any atom is -0.487 e. The van der Waals surface area contributed by atoms with Gasteiger partial charge in [0.15, 0.2) is 17.1 Å². The van der Waals surface area contributed by atoms with Crippen LogP contribution in [0.3, 0.4) is 0 Å². The summed E-state index contributed by atoms with van der Waals surface area (Å²) in [5.41, 5.74) is 2.16. The van der Waals surface area contributed by atoms with E-state index in [0.29, 0.717) is 35.9 Å². The summed E-state index contributed by atoms with van der Waals surface area (Å²) in [5, 5.41) is 14.1. The third-order valence-electron chi connectivity index (χ3n) is 4.75. The van der Waals surface area contributed by atoms with Gasteiger partial charge in [0.2, 0.25) is 0 Å². The maximum atomic E-state index is 12.9. The number of fused-ring (bicyclic) bond motifs is 1. The van der Waals surface area contributed by atoms with E-state index in [9.17, 15) is 9.90 Å². The third-order valence-corrected chi connectivity index (χ3v) is 4.75. The fraction of sp³-hybridized carbons (Fsp3) is 0.375. The maximum Gasteiger partial charge on any atom is 0.176 e. The minimum absolute atomic E-state index is 0.0392. The summed E-state index contributed by atoms with van der Waals surface area (Å²) in [7, 11) is 0. The molecule has 0 saturated carbocycles. The van der Waals surface area contributed by atoms with E-state index in [1.165, 1.54) is 0 Å². The SMILES string of the molecule is CCc1cc2c(C(=O)Cc3ccccc3)ccc(OCC(O)CNC(C)C)c2o1. The number of nitrogens with one attached hydrogen (secondary N) is 1. The molecule has 0 aliphatic heterocycles. The van der Waals surface area contributed by atoms with Gasteiger partial charge in [0.25, 0.3) is 0 Å². The van der Waals surface area contributed by atoms with E-state index in [4.69, 9.17) is 9.15 Å². The number of benzene rings is 2. The van der Waals surface area contributed by atoms with E-state index in [0.717, 1.165) is 23.1 Å². The number of aliphatic hydroxyl groups excluding tert-OH is 1. The molecule has 5 heteroatoms. The Kier molecular flexibility index (Phi) is 7.07. The summed E-state index contributed by atoms with van der Waals surface area (Å²) in [6.07, 6.45) is 0.427. The van der Waals surface area contributed by atoms with Crippen molar-refractivity contribution in [1.29, 1.82) is 0 Å². The molecule has 0 spiro atoms. The summed E-state index contributed by atoms with van der Waals surface area (Å²) in [6.45, 7) is 6.65. The summed E-state index contributed by atoms with van der Waals surface area (Å²) in [6, 6.07) is 15.5. The van der Waals surface area contributed by atoms with Crippen molar-refractivity contribution in [2.24, 2.45) is 0 Å². The minimum atomic E-state index is -0.632. The van der Waals surface area contributed by atoms with Crippen molar-refractivity contribution in [3.05, 3.63) is 65.4 Å². The van der Waals surface area contributed by atoms with Crippen molar-refractivity contribution in [3.8, 4) is 5.75 Å². The average Bonchev–Trinajstić information content (AvgIpc) is 3.15. The largest absolute Gasteiger partial charge is 0.487 e. The normalized spacial score (nSPS) is 12.4. The van der Waals surface area contributed by atoms with Crippen LogP contribution in [-0.4, -0.2) is 36.2 Å². The monoisotopic (exact) mass is 395 g/mol. The van der Waals surface area contributed by atoms with Gasteiger partial charge < -0.3 is 19.6 Å². The average molecular weight is 395 g/mol. The molecule has 1 heterocycles. The first-order chi connectivity index (χ1) is 14.0. The molecule has 1 atom stereocenters. The lowest BCUT2D eigenvalue weighted by Crippen LogP contribution is -2.35. The summed E-state index contributed by atoms with van der Waals surface area (Å²) < 4.78 is 11.8. The van der Waals surface area contributed by atoms with E-state index in [2.05, 4.69) is 5.32 Å². The predicted molar refractivity (Wildman–Crippen MR) is 115 cm³/mol. The molecular formula is C24H29NO4. The van der Waals surface area contributed by atoms with Crippen LogP contribution < -0.4 is 10.1 Å². The fourth-order valence-corrected chi connectivity index (χ4v) is 3.17. The van der Waals surface area contributed by atoms with Crippen LogP contribution in [0.5, 0.6) is 5.75 Å². The molecule has 0 aliphatic carbocycles. The van der Waals surface area contributed by atoms with Gasteiger partial charge >= 0.3 is 0 Å². The number of rotatable bonds is 10. The highest BCUT2D eigenvalue weighted by atomic mass is 16.5. The van der Waals surface area contributed by atoms with E-state index in [-0.39, 0.29) is 12.4 Å². The number of aliphatic hydroxyl groups is 1. The molecule has 29 heavy (non-hydrogen) atoms. The van der Waals surface area contributed by atoms with Gasteiger partial charge in [-0.2, -0.15) is 0 Å². The standard InChI is InChI=1S/C24H29NO4/c1-4-19-13-21-20(22(27)12-17-8-6-5-7-9-17)10-11-23(24(21)29-19)28-15-18(26)14-25-16(2)3/h5-11,13,16,18,25-26H,4,12,14-15H2,1-3H3. The Labute approximate surface area is 171 Å². The highest BCUT2D eigenvalue weighted by molar-refractivity contribution is 6.09. The molecule has 0 fully saturated rings. The smallest absolute Gasteiger partial charge is 0.176 e. The zero-order valence-corrected chi connectivity index (χ0v) is 17.3. The molecular weight excluding hydrogens is 366 g/mol. The maximum absolute atomic E-state index is 12.9. The molecule has 0 aliphatic rings. The number of aryl methyl sites for hydroxylation is 1. The number of hydrogen-bond donors (Lipinski definition) is 2. The van der Waals surface area contributed by atoms with Crippen LogP contribution in [0.4, 0.5) is 0 Å². The molecule has 0 radical (unpaired) electrons. The molecule has 154 valence electrons. The van der Waals surface area contributed by atoms with E-state index in [1.54, 1.807) is 12.1 Å². The van der Waals surface area contributed by atoms with E-state index in [1.807, 2.05) is 57.2 Å². The fourth-order valence-electron chi connectivity index (χ4n) is 3.17. The van der Waals surface area contributed by atoms with Gasteiger partial charge in [-0.1, -0.05) is 51.1 Å². The first-order valence-corrected chi connectivity index (χ1v) is 10.1. The van der Waals surface area contributed by atoms with Gasteiger partial charge in [-0.05, 0) is 23.8 Å². The number of ether oxygens (including phenoxy) is 1. The van der Waals surface area contributed by atoms with Gasteiger partial charge in [0, 0.05) is 36.4 Å². The Morgan fingerprint density at radius 2 is 1.93 bits per heavy atom. The Bertz CT molecular complexity index is 946. The zero-order chi connectivity index (χ0) is 20.8. The van der Waals surface area contributed by atoms with Gasteiger partial charge in [-0.15, -0.1) is 0 Å². The lowest BCUT2D eigenvalue weighted by atomic mass is 9.99. The number of carbonyl (C=O) groups excluding carboxylic acids is 1. The second kappa shape index (κ2) is 9.72. The van der Waals surface area contributed by atoms with Crippen LogP contribution in [0.2, 0.25) is 0 Å². The first-order valence-electron chi connectivity index (χ1n) is 10.1. The molecule has 1 aromatic heterocycles. The van der Waals surface area contributed by atoms with Crippen molar-refractivity contribution in [3.63, 3.8) is 0 Å². The van der Waals surface area contributed by atoms with Crippen LogP contribution in [0.1, 0.15) is 42.5 Å². The van der Waals surface area contributed by atoms with Gasteiger partial charge in [-0.25, -0.2) is 0 Å². The summed E-state index contributed by atoms with van der Waals surface area (Å²) in [5.74, 6) is 1.38. The quantitative estimate of drug-likeness (QED) is 0.505. The van der Waals surface area contributed by atoms with E-state index >= 15 is 0 Å². The Hall–Kier alpha value is -2.63. The Morgan fingerprint density at radius 1 is 1.17 bits per heavy atom. The van der Waals surface area contributed by atoms with Gasteiger partial charge in [-0.3, -0.25) is 4.79 Å². The van der Waals surface area contributed by atoms with Gasteiger partial charge in [0.1, 0.15) is 18.5 Å². The molecule has 3 rings (SSSR count). The molecule has 3 aromatic rings. The molecule has 5 nitrogen and oxygen atoms in total. The van der Waals surface area contributed by atoms with Crippen molar-refractivity contribution in [2.45, 2.75) is 45.8 Å². The second-order valence-electron chi connectivity index (χ2n) is 7.53. The summed E-state index contributed by atoms with van der Waals surface area (Å²) in [4.78, 5) is 12.9. The van der Waals surface area contributed by atoms with Crippen molar-refractivity contribution >= 4 is 16.8 Å². The second-order valence-corrected chi connectivity index (χ2v) is 7.53. The number of ketones is 1. The van der Waals surface area contributed by atoms with Crippen LogP contribution in [0, 0.1) is 0 Å². The topological polar surface area (TPSA) is 71.7 Å². The van der Waals surface area contributed by atoms with Crippen LogP contribution >= 0.6 is 0 Å². The van der Waals surface area contributed by atoms with Crippen molar-refractivity contribution in [1.82, 2.24) is 5.32 Å².